The molecule has 0 saturated heterocycles. The number of anilines is 1. The number of amides is 1. The molecule has 0 saturated carbocycles. The molecule has 0 aliphatic carbocycles. The van der Waals surface area contributed by atoms with Crippen LogP contribution in [-0.4, -0.2) is 30.9 Å². The summed E-state index contributed by atoms with van der Waals surface area (Å²) in [5.74, 6) is -1.10. The number of nitrogens with zero attached hydrogens (tertiary/aromatic N) is 3. The molecule has 0 fully saturated rings. The topological polar surface area (TPSA) is 106 Å². The Bertz CT molecular complexity index is 1430. The van der Waals surface area contributed by atoms with Gasteiger partial charge in [0.15, 0.2) is 0 Å². The van der Waals surface area contributed by atoms with Gasteiger partial charge in [0.1, 0.15) is 10.6 Å². The van der Waals surface area contributed by atoms with Gasteiger partial charge in [-0.25, -0.2) is 9.79 Å². The minimum atomic E-state index is -0.725. The Morgan fingerprint density at radius 1 is 1.06 bits per heavy atom. The molecular weight excluding hydrogens is 499 g/mol. The van der Waals surface area contributed by atoms with Crippen molar-refractivity contribution in [3.05, 3.63) is 84.0 Å². The zero-order valence-corrected chi connectivity index (χ0v) is 21.2. The maximum Gasteiger partial charge on any atom is 0.333 e. The molecule has 0 radical (unpaired) electrons. The fourth-order valence-electron chi connectivity index (χ4n) is 3.00. The third-order valence-electron chi connectivity index (χ3n) is 5.11. The molecular formula is C23H22Cl2N4O4S. The third-order valence-corrected chi connectivity index (χ3v) is 6.64. The summed E-state index contributed by atoms with van der Waals surface area (Å²) in [7, 11) is 2.65. The van der Waals surface area contributed by atoms with Crippen LogP contribution in [0.3, 0.4) is 0 Å². The fraction of sp³-hybridized carbons (Fsp3) is 0.217. The van der Waals surface area contributed by atoms with E-state index in [1.807, 2.05) is 26.0 Å². The van der Waals surface area contributed by atoms with Gasteiger partial charge in [-0.05, 0) is 55.3 Å². The molecule has 2 aromatic carbocycles. The van der Waals surface area contributed by atoms with Crippen molar-refractivity contribution in [1.82, 2.24) is 9.13 Å². The maximum absolute atomic E-state index is 12.9. The summed E-state index contributed by atoms with van der Waals surface area (Å²) < 4.78 is 1.82. The first-order chi connectivity index (χ1) is 16.0. The standard InChI is InChI=1S/C23H22Cl2N4O4S/c1-12-5-7-15(9-13(12)2)26-20(19-21(31)28(3)23(33)29(4)22(19)32)34-11-18(30)27-17-8-6-14(24)10-16(17)25/h5-10,31H,11H2,1-4H3,(H,27,30). The highest BCUT2D eigenvalue weighted by Gasteiger charge is 2.22. The first kappa shape index (κ1) is 25.6. The molecule has 3 aromatic rings. The third kappa shape index (κ3) is 5.55. The zero-order chi connectivity index (χ0) is 25.2. The van der Waals surface area contributed by atoms with E-state index in [-0.39, 0.29) is 21.4 Å². The molecule has 1 aromatic heterocycles. The molecule has 3 rings (SSSR count). The van der Waals surface area contributed by atoms with Crippen LogP contribution >= 0.6 is 35.0 Å². The predicted molar refractivity (Wildman–Crippen MR) is 138 cm³/mol. The van der Waals surface area contributed by atoms with Crippen molar-refractivity contribution in [2.24, 2.45) is 19.1 Å². The number of aromatic hydroxyl groups is 1. The minimum Gasteiger partial charge on any atom is -0.494 e. The number of hydrogen-bond donors (Lipinski definition) is 2. The van der Waals surface area contributed by atoms with Gasteiger partial charge in [-0.2, -0.15) is 0 Å². The lowest BCUT2D eigenvalue weighted by Gasteiger charge is -2.13. The highest BCUT2D eigenvalue weighted by atomic mass is 35.5. The second-order valence-electron chi connectivity index (χ2n) is 7.55. The summed E-state index contributed by atoms with van der Waals surface area (Å²) in [6, 6.07) is 10.1. The largest absolute Gasteiger partial charge is 0.494 e. The monoisotopic (exact) mass is 520 g/mol. The van der Waals surface area contributed by atoms with E-state index in [0.717, 1.165) is 32.0 Å². The normalized spacial score (nSPS) is 11.5. The van der Waals surface area contributed by atoms with E-state index in [2.05, 4.69) is 10.3 Å². The summed E-state index contributed by atoms with van der Waals surface area (Å²) >= 11 is 13.0. The number of hydrogen-bond acceptors (Lipinski definition) is 6. The van der Waals surface area contributed by atoms with Gasteiger partial charge >= 0.3 is 5.69 Å². The van der Waals surface area contributed by atoms with Gasteiger partial charge in [-0.1, -0.05) is 41.0 Å². The van der Waals surface area contributed by atoms with E-state index in [1.165, 1.54) is 20.2 Å². The summed E-state index contributed by atoms with van der Waals surface area (Å²) in [6.07, 6.45) is 0. The second kappa shape index (κ2) is 10.5. The molecule has 2 N–H and O–H groups in total. The predicted octanol–water partition coefficient (Wildman–Crippen LogP) is 4.16. The number of nitrogens with one attached hydrogen (secondary N) is 1. The lowest BCUT2D eigenvalue weighted by molar-refractivity contribution is -0.113. The number of aliphatic imine (C=N–C) groups is 1. The molecule has 34 heavy (non-hydrogen) atoms. The van der Waals surface area contributed by atoms with Crippen LogP contribution in [0.4, 0.5) is 11.4 Å². The Morgan fingerprint density at radius 3 is 2.41 bits per heavy atom. The molecule has 0 aliphatic heterocycles. The fourth-order valence-corrected chi connectivity index (χ4v) is 4.29. The second-order valence-corrected chi connectivity index (χ2v) is 9.36. The number of aromatic nitrogens is 2. The van der Waals surface area contributed by atoms with Gasteiger partial charge in [0.05, 0.1) is 22.2 Å². The summed E-state index contributed by atoms with van der Waals surface area (Å²) in [5.41, 5.74) is 1.37. The van der Waals surface area contributed by atoms with Crippen LogP contribution in [-0.2, 0) is 18.9 Å². The molecule has 0 aliphatic rings. The van der Waals surface area contributed by atoms with Gasteiger partial charge in [0.2, 0.25) is 11.8 Å². The molecule has 0 bridgehead atoms. The molecule has 1 heterocycles. The van der Waals surface area contributed by atoms with Gasteiger partial charge in [0, 0.05) is 19.1 Å². The summed E-state index contributed by atoms with van der Waals surface area (Å²) in [4.78, 5) is 42.2. The van der Waals surface area contributed by atoms with E-state index < -0.39 is 23.0 Å². The summed E-state index contributed by atoms with van der Waals surface area (Å²) in [5, 5.41) is 14.1. The Balaban J connectivity index is 2.00. The zero-order valence-electron chi connectivity index (χ0n) is 18.8. The number of benzene rings is 2. The van der Waals surface area contributed by atoms with Gasteiger partial charge in [0.25, 0.3) is 5.56 Å². The van der Waals surface area contributed by atoms with Crippen LogP contribution < -0.4 is 16.6 Å². The number of halogens is 2. The van der Waals surface area contributed by atoms with Gasteiger partial charge < -0.3 is 10.4 Å². The van der Waals surface area contributed by atoms with Crippen LogP contribution in [0.2, 0.25) is 10.0 Å². The van der Waals surface area contributed by atoms with Gasteiger partial charge in [-0.3, -0.25) is 18.7 Å². The van der Waals surface area contributed by atoms with E-state index in [9.17, 15) is 19.5 Å². The average Bonchev–Trinajstić information content (AvgIpc) is 2.79. The van der Waals surface area contributed by atoms with Crippen molar-refractivity contribution in [2.45, 2.75) is 13.8 Å². The van der Waals surface area contributed by atoms with Crippen molar-refractivity contribution in [3.8, 4) is 5.88 Å². The van der Waals surface area contributed by atoms with Crippen LogP contribution in [0.5, 0.6) is 5.88 Å². The Labute approximate surface area is 209 Å². The van der Waals surface area contributed by atoms with Crippen LogP contribution in [0, 0.1) is 13.8 Å². The van der Waals surface area contributed by atoms with Gasteiger partial charge in [-0.15, -0.1) is 0 Å². The van der Waals surface area contributed by atoms with Crippen molar-refractivity contribution < 1.29 is 9.90 Å². The van der Waals surface area contributed by atoms with Crippen molar-refractivity contribution in [2.75, 3.05) is 11.1 Å². The number of carbonyl (C=O) groups is 1. The average molecular weight is 521 g/mol. The lowest BCUT2D eigenvalue weighted by Crippen LogP contribution is -2.39. The smallest absolute Gasteiger partial charge is 0.333 e. The Kier molecular flexibility index (Phi) is 7.91. The molecule has 8 nitrogen and oxygen atoms in total. The highest BCUT2D eigenvalue weighted by Crippen LogP contribution is 2.27. The van der Waals surface area contributed by atoms with Crippen molar-refractivity contribution >= 4 is 57.3 Å². The van der Waals surface area contributed by atoms with E-state index >= 15 is 0 Å². The molecule has 0 spiro atoms. The van der Waals surface area contributed by atoms with Crippen LogP contribution in [0.25, 0.3) is 0 Å². The van der Waals surface area contributed by atoms with E-state index in [0.29, 0.717) is 16.4 Å². The maximum atomic E-state index is 12.9. The number of carbonyl (C=O) groups excluding carboxylic acids is 1. The van der Waals surface area contributed by atoms with Crippen LogP contribution in [0.15, 0.2) is 51.0 Å². The first-order valence-corrected chi connectivity index (χ1v) is 11.8. The number of rotatable bonds is 5. The quantitative estimate of drug-likeness (QED) is 0.388. The Hall–Kier alpha value is -3.01. The molecule has 0 unspecified atom stereocenters. The van der Waals surface area contributed by atoms with Crippen molar-refractivity contribution in [1.29, 1.82) is 0 Å². The molecule has 1 amide bonds. The van der Waals surface area contributed by atoms with Crippen molar-refractivity contribution in [3.63, 3.8) is 0 Å². The lowest BCUT2D eigenvalue weighted by atomic mass is 10.1. The highest BCUT2D eigenvalue weighted by molar-refractivity contribution is 8.15. The van der Waals surface area contributed by atoms with E-state index in [4.69, 9.17) is 23.2 Å². The number of aryl methyl sites for hydroxylation is 2. The minimum absolute atomic E-state index is 0.0920. The molecule has 0 atom stereocenters. The Morgan fingerprint density at radius 2 is 1.76 bits per heavy atom. The first-order valence-electron chi connectivity index (χ1n) is 10.0. The van der Waals surface area contributed by atoms with E-state index in [1.54, 1.807) is 18.2 Å². The SMILES string of the molecule is Cc1ccc(N=C(SCC(=O)Nc2ccc(Cl)cc2Cl)c2c(O)n(C)c(=O)n(C)c2=O)cc1C. The molecule has 178 valence electrons. The number of thioether (sulfide) groups is 1. The van der Waals surface area contributed by atoms with Crippen LogP contribution in [0.1, 0.15) is 16.7 Å². The summed E-state index contributed by atoms with van der Waals surface area (Å²) in [6.45, 7) is 3.88. The molecule has 11 heteroatoms.